The van der Waals surface area contributed by atoms with Gasteiger partial charge < -0.3 is 10.4 Å². The van der Waals surface area contributed by atoms with Gasteiger partial charge in [-0.1, -0.05) is 0 Å². The predicted molar refractivity (Wildman–Crippen MR) is 52.0 cm³/mol. The molecule has 2 aliphatic rings. The Morgan fingerprint density at radius 2 is 2.54 bits per heavy atom. The van der Waals surface area contributed by atoms with E-state index in [1.54, 1.807) is 0 Å². The van der Waals surface area contributed by atoms with Crippen LogP contribution < -0.4 is 5.32 Å². The van der Waals surface area contributed by atoms with Crippen LogP contribution in [-0.4, -0.2) is 54.7 Å². The van der Waals surface area contributed by atoms with Gasteiger partial charge in [-0.2, -0.15) is 0 Å². The average molecular weight is 183 g/mol. The Morgan fingerprint density at radius 1 is 1.62 bits per heavy atom. The van der Waals surface area contributed by atoms with Gasteiger partial charge in [0.05, 0.1) is 19.7 Å². The molecule has 2 heterocycles. The van der Waals surface area contributed by atoms with Crippen LogP contribution in [0.1, 0.15) is 12.8 Å². The van der Waals surface area contributed by atoms with E-state index in [1.807, 2.05) is 0 Å². The quantitative estimate of drug-likeness (QED) is 0.617. The van der Waals surface area contributed by atoms with E-state index in [9.17, 15) is 0 Å². The molecule has 1 fully saturated rings. The second-order valence-electron chi connectivity index (χ2n) is 3.70. The van der Waals surface area contributed by atoms with Gasteiger partial charge in [0.2, 0.25) is 0 Å². The summed E-state index contributed by atoms with van der Waals surface area (Å²) >= 11 is 0. The molecule has 1 saturated heterocycles. The van der Waals surface area contributed by atoms with E-state index in [1.165, 1.54) is 6.42 Å². The van der Waals surface area contributed by atoms with Gasteiger partial charge in [0.1, 0.15) is 5.84 Å². The van der Waals surface area contributed by atoms with Crippen LogP contribution in [0.5, 0.6) is 0 Å². The Bertz CT molecular complexity index is 205. The lowest BCUT2D eigenvalue weighted by Gasteiger charge is -2.22. The highest BCUT2D eigenvalue weighted by atomic mass is 16.3. The molecule has 74 valence electrons. The van der Waals surface area contributed by atoms with Crippen LogP contribution in [0.4, 0.5) is 0 Å². The second-order valence-corrected chi connectivity index (χ2v) is 3.70. The van der Waals surface area contributed by atoms with Gasteiger partial charge in [-0.3, -0.25) is 9.89 Å². The molecule has 0 aromatic carbocycles. The van der Waals surface area contributed by atoms with Crippen LogP contribution >= 0.6 is 0 Å². The summed E-state index contributed by atoms with van der Waals surface area (Å²) < 4.78 is 0. The van der Waals surface area contributed by atoms with Gasteiger partial charge >= 0.3 is 0 Å². The summed E-state index contributed by atoms with van der Waals surface area (Å²) in [6.45, 7) is 4.17. The average Bonchev–Trinajstić information content (AvgIpc) is 2.76. The predicted octanol–water partition coefficient (Wildman–Crippen LogP) is -0.555. The standard InChI is InChI=1S/C9H17N3O/c13-7-8-2-1-5-12(8)6-9-10-3-4-11-9/h8,13H,1-7H2,(H,10,11)/t8-/m0/s1. The summed E-state index contributed by atoms with van der Waals surface area (Å²) in [4.78, 5) is 6.67. The van der Waals surface area contributed by atoms with Gasteiger partial charge in [-0.15, -0.1) is 0 Å². The summed E-state index contributed by atoms with van der Waals surface area (Å²) in [7, 11) is 0. The lowest BCUT2D eigenvalue weighted by Crippen LogP contribution is -2.39. The molecule has 0 bridgehead atoms. The highest BCUT2D eigenvalue weighted by Crippen LogP contribution is 2.15. The second kappa shape index (κ2) is 4.07. The minimum atomic E-state index is 0.285. The summed E-state index contributed by atoms with van der Waals surface area (Å²) in [5.41, 5.74) is 0. The number of likely N-dealkylation sites (tertiary alicyclic amines) is 1. The molecule has 0 unspecified atom stereocenters. The van der Waals surface area contributed by atoms with E-state index in [0.29, 0.717) is 6.04 Å². The number of amidine groups is 1. The third kappa shape index (κ3) is 2.00. The molecule has 13 heavy (non-hydrogen) atoms. The van der Waals surface area contributed by atoms with Crippen molar-refractivity contribution >= 4 is 5.84 Å². The molecule has 0 aromatic rings. The fourth-order valence-corrected chi connectivity index (χ4v) is 2.06. The van der Waals surface area contributed by atoms with Gasteiger partial charge in [0.15, 0.2) is 0 Å². The zero-order valence-corrected chi connectivity index (χ0v) is 7.87. The smallest absolute Gasteiger partial charge is 0.111 e. The van der Waals surface area contributed by atoms with Crippen molar-refractivity contribution in [2.75, 3.05) is 32.8 Å². The van der Waals surface area contributed by atoms with Crippen molar-refractivity contribution < 1.29 is 5.11 Å². The first-order valence-corrected chi connectivity index (χ1v) is 5.02. The van der Waals surface area contributed by atoms with Gasteiger partial charge in [-0.25, -0.2) is 0 Å². The first-order chi connectivity index (χ1) is 6.40. The summed E-state index contributed by atoms with van der Waals surface area (Å²) in [6, 6.07) is 0.366. The van der Waals surface area contributed by atoms with Crippen molar-refractivity contribution in [2.45, 2.75) is 18.9 Å². The maximum absolute atomic E-state index is 9.11. The lowest BCUT2D eigenvalue weighted by molar-refractivity contribution is 0.173. The Labute approximate surface area is 78.6 Å². The Balaban J connectivity index is 1.86. The number of nitrogens with zero attached hydrogens (tertiary/aromatic N) is 2. The highest BCUT2D eigenvalue weighted by molar-refractivity contribution is 5.85. The van der Waals surface area contributed by atoms with Crippen molar-refractivity contribution in [2.24, 2.45) is 4.99 Å². The molecule has 2 rings (SSSR count). The minimum absolute atomic E-state index is 0.285. The number of nitrogens with one attached hydrogen (secondary N) is 1. The maximum Gasteiger partial charge on any atom is 0.111 e. The third-order valence-corrected chi connectivity index (χ3v) is 2.81. The monoisotopic (exact) mass is 183 g/mol. The van der Waals surface area contributed by atoms with Crippen molar-refractivity contribution in [1.29, 1.82) is 0 Å². The van der Waals surface area contributed by atoms with Gasteiger partial charge in [-0.05, 0) is 19.4 Å². The van der Waals surface area contributed by atoms with Crippen LogP contribution in [0.25, 0.3) is 0 Å². The molecule has 2 aliphatic heterocycles. The lowest BCUT2D eigenvalue weighted by atomic mass is 10.2. The van der Waals surface area contributed by atoms with Gasteiger partial charge in [0.25, 0.3) is 0 Å². The molecule has 4 heteroatoms. The Kier molecular flexibility index (Phi) is 2.80. The molecule has 0 radical (unpaired) electrons. The topological polar surface area (TPSA) is 47.9 Å². The Hall–Kier alpha value is -0.610. The number of aliphatic hydroxyl groups excluding tert-OH is 1. The number of rotatable bonds is 3. The maximum atomic E-state index is 9.11. The van der Waals surface area contributed by atoms with Crippen LogP contribution in [-0.2, 0) is 0 Å². The van der Waals surface area contributed by atoms with Gasteiger partial charge in [0, 0.05) is 12.6 Å². The summed E-state index contributed by atoms with van der Waals surface area (Å²) in [5, 5.41) is 12.4. The molecule has 0 aromatic heterocycles. The van der Waals surface area contributed by atoms with Crippen LogP contribution in [0.15, 0.2) is 4.99 Å². The molecular weight excluding hydrogens is 166 g/mol. The summed E-state index contributed by atoms with van der Waals surface area (Å²) in [6.07, 6.45) is 2.34. The molecular formula is C9H17N3O. The minimum Gasteiger partial charge on any atom is -0.395 e. The van der Waals surface area contributed by atoms with Crippen molar-refractivity contribution in [3.63, 3.8) is 0 Å². The fourth-order valence-electron chi connectivity index (χ4n) is 2.06. The first-order valence-electron chi connectivity index (χ1n) is 5.02. The Morgan fingerprint density at radius 3 is 3.23 bits per heavy atom. The van der Waals surface area contributed by atoms with Crippen LogP contribution in [0, 0.1) is 0 Å². The molecule has 1 atom stereocenters. The van der Waals surface area contributed by atoms with E-state index in [-0.39, 0.29) is 6.61 Å². The molecule has 2 N–H and O–H groups in total. The van der Waals surface area contributed by atoms with Crippen LogP contribution in [0.2, 0.25) is 0 Å². The van der Waals surface area contributed by atoms with E-state index >= 15 is 0 Å². The molecule has 0 spiro atoms. The zero-order chi connectivity index (χ0) is 9.10. The third-order valence-electron chi connectivity index (χ3n) is 2.81. The van der Waals surface area contributed by atoms with Crippen molar-refractivity contribution in [1.82, 2.24) is 10.2 Å². The van der Waals surface area contributed by atoms with Crippen LogP contribution in [0.3, 0.4) is 0 Å². The SMILES string of the molecule is OC[C@@H]1CCCN1CC1=NCCN1. The zero-order valence-electron chi connectivity index (χ0n) is 7.87. The number of aliphatic hydroxyl groups is 1. The van der Waals surface area contributed by atoms with Crippen molar-refractivity contribution in [3.05, 3.63) is 0 Å². The van der Waals surface area contributed by atoms with E-state index in [4.69, 9.17) is 5.11 Å². The molecule has 0 amide bonds. The van der Waals surface area contributed by atoms with E-state index < -0.39 is 0 Å². The fraction of sp³-hybridized carbons (Fsp3) is 0.889. The summed E-state index contributed by atoms with van der Waals surface area (Å²) in [5.74, 6) is 1.10. The van der Waals surface area contributed by atoms with E-state index in [0.717, 1.165) is 38.4 Å². The van der Waals surface area contributed by atoms with E-state index in [2.05, 4.69) is 15.2 Å². The largest absolute Gasteiger partial charge is 0.395 e. The molecule has 4 nitrogen and oxygen atoms in total. The first kappa shape index (κ1) is 8.97. The molecule has 0 aliphatic carbocycles. The molecule has 0 saturated carbocycles. The number of hydrogen-bond acceptors (Lipinski definition) is 4. The normalized spacial score (nSPS) is 29.0. The van der Waals surface area contributed by atoms with Crippen molar-refractivity contribution in [3.8, 4) is 0 Å². The number of hydrogen-bond donors (Lipinski definition) is 2. The number of aliphatic imine (C=N–C) groups is 1. The highest BCUT2D eigenvalue weighted by Gasteiger charge is 2.24.